The molecule has 0 aliphatic carbocycles. The van der Waals surface area contributed by atoms with Gasteiger partial charge in [-0.3, -0.25) is 0 Å². The fraction of sp³-hybridized carbons (Fsp3) is 0.455. The van der Waals surface area contributed by atoms with Gasteiger partial charge in [-0.1, -0.05) is 12.1 Å². The van der Waals surface area contributed by atoms with Crippen LogP contribution < -0.4 is 10.5 Å². The molecule has 0 unspecified atom stereocenters. The maximum absolute atomic E-state index is 12.2. The molecule has 0 aliphatic heterocycles. The highest BCUT2D eigenvalue weighted by atomic mass is 35.5. The van der Waals surface area contributed by atoms with Gasteiger partial charge in [-0.05, 0) is 17.7 Å². The van der Waals surface area contributed by atoms with Gasteiger partial charge in [0.2, 0.25) is 0 Å². The molecular weight excluding hydrogens is 271 g/mol. The van der Waals surface area contributed by atoms with E-state index in [2.05, 4.69) is 0 Å². The van der Waals surface area contributed by atoms with E-state index in [9.17, 15) is 18.3 Å². The second kappa shape index (κ2) is 6.82. The summed E-state index contributed by atoms with van der Waals surface area (Å²) in [6.07, 6.45) is -6.29. The van der Waals surface area contributed by atoms with Crippen molar-refractivity contribution >= 4 is 12.4 Å². The number of ether oxygens (including phenoxy) is 1. The summed E-state index contributed by atoms with van der Waals surface area (Å²) in [5.74, 6) is 0.570. The van der Waals surface area contributed by atoms with Crippen LogP contribution in [-0.4, -0.2) is 24.4 Å². The molecule has 0 radical (unpaired) electrons. The summed E-state index contributed by atoms with van der Waals surface area (Å²) in [5.41, 5.74) is 5.32. The van der Waals surface area contributed by atoms with Crippen LogP contribution in [0.15, 0.2) is 24.3 Å². The summed E-state index contributed by atoms with van der Waals surface area (Å²) in [7, 11) is 1.48. The Kier molecular flexibility index (Phi) is 6.45. The van der Waals surface area contributed by atoms with Crippen LogP contribution in [0.2, 0.25) is 0 Å². The number of aliphatic hydroxyl groups excluding tert-OH is 1. The molecule has 0 amide bonds. The number of aliphatic hydroxyl groups is 1. The van der Waals surface area contributed by atoms with Crippen LogP contribution in [0.4, 0.5) is 13.2 Å². The zero-order valence-electron chi connectivity index (χ0n) is 9.65. The summed E-state index contributed by atoms with van der Waals surface area (Å²) in [5, 5.41) is 9.60. The highest BCUT2D eigenvalue weighted by molar-refractivity contribution is 5.85. The third kappa shape index (κ3) is 4.72. The molecule has 1 rings (SSSR count). The first-order valence-electron chi connectivity index (χ1n) is 4.99. The van der Waals surface area contributed by atoms with Crippen molar-refractivity contribution in [2.24, 2.45) is 5.73 Å². The second-order valence-corrected chi connectivity index (χ2v) is 3.67. The Morgan fingerprint density at radius 2 is 1.78 bits per heavy atom. The van der Waals surface area contributed by atoms with Crippen molar-refractivity contribution in [2.45, 2.75) is 24.7 Å². The fourth-order valence-electron chi connectivity index (χ4n) is 1.34. The Labute approximate surface area is 109 Å². The van der Waals surface area contributed by atoms with Gasteiger partial charge in [0, 0.05) is 6.42 Å². The van der Waals surface area contributed by atoms with Crippen LogP contribution in [0, 0.1) is 0 Å². The van der Waals surface area contributed by atoms with E-state index >= 15 is 0 Å². The maximum Gasteiger partial charge on any atom is 0.403 e. The van der Waals surface area contributed by atoms with Crippen molar-refractivity contribution in [3.63, 3.8) is 0 Å². The Balaban J connectivity index is 0.00000289. The predicted molar refractivity (Wildman–Crippen MR) is 63.8 cm³/mol. The highest BCUT2D eigenvalue weighted by Gasteiger charge is 2.37. The SMILES string of the molecule is COc1ccc([C@@H](O)C[C@@H](N)C(F)(F)F)cc1.Cl. The van der Waals surface area contributed by atoms with Crippen LogP contribution >= 0.6 is 12.4 Å². The van der Waals surface area contributed by atoms with E-state index in [4.69, 9.17) is 10.5 Å². The average molecular weight is 286 g/mol. The van der Waals surface area contributed by atoms with Crippen molar-refractivity contribution in [1.82, 2.24) is 0 Å². The molecule has 0 saturated carbocycles. The van der Waals surface area contributed by atoms with Gasteiger partial charge in [0.05, 0.1) is 13.2 Å². The molecule has 3 nitrogen and oxygen atoms in total. The van der Waals surface area contributed by atoms with Crippen LogP contribution in [-0.2, 0) is 0 Å². The minimum absolute atomic E-state index is 0. The second-order valence-electron chi connectivity index (χ2n) is 3.67. The van der Waals surface area contributed by atoms with Crippen molar-refractivity contribution in [2.75, 3.05) is 7.11 Å². The largest absolute Gasteiger partial charge is 0.497 e. The Morgan fingerprint density at radius 1 is 1.28 bits per heavy atom. The van der Waals surface area contributed by atoms with E-state index in [1.54, 1.807) is 12.1 Å². The fourth-order valence-corrected chi connectivity index (χ4v) is 1.34. The predicted octanol–water partition coefficient (Wildman–Crippen LogP) is 2.43. The van der Waals surface area contributed by atoms with E-state index < -0.39 is 24.7 Å². The lowest BCUT2D eigenvalue weighted by Crippen LogP contribution is -2.38. The quantitative estimate of drug-likeness (QED) is 0.893. The normalized spacial score (nSPS) is 14.6. The van der Waals surface area contributed by atoms with Crippen LogP contribution in [0.3, 0.4) is 0 Å². The van der Waals surface area contributed by atoms with Crippen molar-refractivity contribution in [1.29, 1.82) is 0 Å². The molecule has 7 heteroatoms. The van der Waals surface area contributed by atoms with Crippen molar-refractivity contribution in [3.8, 4) is 5.75 Å². The van der Waals surface area contributed by atoms with Gasteiger partial charge in [-0.15, -0.1) is 12.4 Å². The van der Waals surface area contributed by atoms with Gasteiger partial charge in [-0.25, -0.2) is 0 Å². The molecule has 0 aromatic heterocycles. The number of nitrogens with two attached hydrogens (primary N) is 1. The number of hydrogen-bond donors (Lipinski definition) is 2. The van der Waals surface area contributed by atoms with E-state index in [0.717, 1.165) is 0 Å². The number of methoxy groups -OCH3 is 1. The first-order valence-corrected chi connectivity index (χ1v) is 4.99. The summed E-state index contributed by atoms with van der Waals surface area (Å²) < 4.78 is 41.5. The zero-order valence-corrected chi connectivity index (χ0v) is 10.5. The van der Waals surface area contributed by atoms with Crippen LogP contribution in [0.5, 0.6) is 5.75 Å². The van der Waals surface area contributed by atoms with E-state index in [0.29, 0.717) is 11.3 Å². The molecule has 0 bridgehead atoms. The molecule has 2 atom stereocenters. The lowest BCUT2D eigenvalue weighted by atomic mass is 10.0. The monoisotopic (exact) mass is 285 g/mol. The van der Waals surface area contributed by atoms with Crippen molar-refractivity contribution in [3.05, 3.63) is 29.8 Å². The van der Waals surface area contributed by atoms with Crippen molar-refractivity contribution < 1.29 is 23.0 Å². The number of rotatable bonds is 4. The standard InChI is InChI=1S/C11H14F3NO2.ClH/c1-17-8-4-2-7(3-5-8)9(16)6-10(15)11(12,13)14;/h2-5,9-10,16H,6,15H2,1H3;1H/t9-,10+;/m0./s1. The van der Waals surface area contributed by atoms with Gasteiger partial charge in [0.15, 0.2) is 0 Å². The first kappa shape index (κ1) is 17.0. The molecule has 0 heterocycles. The third-order valence-electron chi connectivity index (χ3n) is 2.40. The Bertz CT molecular complexity index is 356. The summed E-state index contributed by atoms with van der Waals surface area (Å²) >= 11 is 0. The lowest BCUT2D eigenvalue weighted by molar-refractivity contribution is -0.153. The molecule has 1 aromatic rings. The Hall–Kier alpha value is -0.980. The first-order chi connectivity index (χ1) is 7.84. The number of alkyl halides is 3. The average Bonchev–Trinajstić information content (AvgIpc) is 2.27. The lowest BCUT2D eigenvalue weighted by Gasteiger charge is -2.19. The summed E-state index contributed by atoms with van der Waals surface area (Å²) in [4.78, 5) is 0. The topological polar surface area (TPSA) is 55.5 Å². The van der Waals surface area contributed by atoms with Gasteiger partial charge >= 0.3 is 6.18 Å². The molecule has 3 N–H and O–H groups in total. The molecule has 0 aliphatic rings. The third-order valence-corrected chi connectivity index (χ3v) is 2.40. The number of halogens is 4. The van der Waals surface area contributed by atoms with Crippen LogP contribution in [0.1, 0.15) is 18.1 Å². The maximum atomic E-state index is 12.2. The van der Waals surface area contributed by atoms with Gasteiger partial charge < -0.3 is 15.6 Å². The molecule has 18 heavy (non-hydrogen) atoms. The minimum atomic E-state index is -4.49. The summed E-state index contributed by atoms with van der Waals surface area (Å²) in [6, 6.07) is 4.12. The number of benzene rings is 1. The van der Waals surface area contributed by atoms with Gasteiger partial charge in [-0.2, -0.15) is 13.2 Å². The zero-order chi connectivity index (χ0) is 13.1. The molecule has 0 saturated heterocycles. The van der Waals surface area contributed by atoms with Gasteiger partial charge in [0.1, 0.15) is 11.8 Å². The van der Waals surface area contributed by atoms with Crippen LogP contribution in [0.25, 0.3) is 0 Å². The summed E-state index contributed by atoms with van der Waals surface area (Å²) in [6.45, 7) is 0. The molecule has 1 aromatic carbocycles. The molecular formula is C11H15ClF3NO2. The molecule has 0 fully saturated rings. The van der Waals surface area contributed by atoms with E-state index in [1.807, 2.05) is 0 Å². The van der Waals surface area contributed by atoms with Gasteiger partial charge in [0.25, 0.3) is 0 Å². The molecule has 0 spiro atoms. The minimum Gasteiger partial charge on any atom is -0.497 e. The van der Waals surface area contributed by atoms with E-state index in [1.165, 1.54) is 19.2 Å². The molecule has 104 valence electrons. The Morgan fingerprint density at radius 3 is 2.17 bits per heavy atom. The number of hydrogen-bond acceptors (Lipinski definition) is 3. The van der Waals surface area contributed by atoms with E-state index in [-0.39, 0.29) is 12.4 Å². The smallest absolute Gasteiger partial charge is 0.403 e. The highest BCUT2D eigenvalue weighted by Crippen LogP contribution is 2.27.